The van der Waals surface area contributed by atoms with Gasteiger partial charge in [0.1, 0.15) is 5.69 Å². The van der Waals surface area contributed by atoms with Crippen molar-refractivity contribution in [2.24, 2.45) is 0 Å². The van der Waals surface area contributed by atoms with Gasteiger partial charge >= 0.3 is 0 Å². The highest BCUT2D eigenvalue weighted by Gasteiger charge is 2.12. The number of thiazole rings is 1. The average molecular weight is 239 g/mol. The van der Waals surface area contributed by atoms with Crippen LogP contribution in [0.4, 0.5) is 0 Å². The Morgan fingerprint density at radius 3 is 3.00 bits per heavy atom. The van der Waals surface area contributed by atoms with Crippen molar-refractivity contribution in [3.05, 3.63) is 35.2 Å². The van der Waals surface area contributed by atoms with E-state index in [-0.39, 0.29) is 0 Å². The van der Waals surface area contributed by atoms with Crippen molar-refractivity contribution in [3.63, 3.8) is 0 Å². The summed E-state index contributed by atoms with van der Waals surface area (Å²) in [4.78, 5) is 8.88. The second kappa shape index (κ2) is 4.04. The Bertz CT molecular complexity index is 689. The van der Waals surface area contributed by atoms with Gasteiger partial charge in [-0.2, -0.15) is 0 Å². The summed E-state index contributed by atoms with van der Waals surface area (Å²) >= 11 is 1.56. The van der Waals surface area contributed by atoms with Crippen LogP contribution in [0.1, 0.15) is 0 Å². The summed E-state index contributed by atoms with van der Waals surface area (Å²) in [7, 11) is 0. The number of fused-ring (bicyclic) bond motifs is 1. The molecule has 17 heavy (non-hydrogen) atoms. The Kier molecular flexibility index (Phi) is 2.39. The maximum atomic E-state index is 5.42. The van der Waals surface area contributed by atoms with Gasteiger partial charge in [-0.1, -0.05) is 18.1 Å². The van der Waals surface area contributed by atoms with E-state index < -0.39 is 0 Å². The standard InChI is InChI=1S/C13H9N3S/c1-2-7-16-12-6-4-3-5-10(12)15-13(16)11-8-17-9-14-11/h1,3-6,8-9H,7H2. The smallest absolute Gasteiger partial charge is 0.161 e. The van der Waals surface area contributed by atoms with E-state index in [9.17, 15) is 0 Å². The van der Waals surface area contributed by atoms with Crippen LogP contribution in [0.2, 0.25) is 0 Å². The molecule has 0 amide bonds. The van der Waals surface area contributed by atoms with Gasteiger partial charge in [-0.25, -0.2) is 9.97 Å². The van der Waals surface area contributed by atoms with Crippen molar-refractivity contribution < 1.29 is 0 Å². The molecule has 0 aliphatic rings. The minimum atomic E-state index is 0.507. The molecule has 0 aliphatic heterocycles. The monoisotopic (exact) mass is 239 g/mol. The van der Waals surface area contributed by atoms with Crippen molar-refractivity contribution in [2.75, 3.05) is 0 Å². The first-order valence-corrected chi connectivity index (χ1v) is 6.11. The van der Waals surface area contributed by atoms with Crippen LogP contribution in [0.25, 0.3) is 22.6 Å². The van der Waals surface area contributed by atoms with Crippen LogP contribution >= 0.6 is 11.3 Å². The SMILES string of the molecule is C#CCn1c(-c2cscn2)nc2ccccc21. The molecule has 0 unspecified atom stereocenters. The molecule has 82 valence electrons. The number of hydrogen-bond donors (Lipinski definition) is 0. The van der Waals surface area contributed by atoms with Crippen molar-refractivity contribution in [1.82, 2.24) is 14.5 Å². The van der Waals surface area contributed by atoms with Crippen molar-refractivity contribution in [2.45, 2.75) is 6.54 Å². The second-order valence-electron chi connectivity index (χ2n) is 3.59. The number of nitrogens with zero attached hydrogens (tertiary/aromatic N) is 3. The normalized spacial score (nSPS) is 10.5. The zero-order valence-electron chi connectivity index (χ0n) is 9.00. The maximum Gasteiger partial charge on any atom is 0.161 e. The molecule has 4 heteroatoms. The van der Waals surface area contributed by atoms with Gasteiger partial charge in [0.2, 0.25) is 0 Å². The molecule has 0 saturated heterocycles. The van der Waals surface area contributed by atoms with Crippen LogP contribution in [-0.4, -0.2) is 14.5 Å². The zero-order chi connectivity index (χ0) is 11.7. The third-order valence-corrected chi connectivity index (χ3v) is 3.15. The molecule has 0 radical (unpaired) electrons. The molecule has 0 spiro atoms. The first-order chi connectivity index (χ1) is 8.40. The van der Waals surface area contributed by atoms with E-state index in [2.05, 4.69) is 15.9 Å². The minimum Gasteiger partial charge on any atom is -0.311 e. The summed E-state index contributed by atoms with van der Waals surface area (Å²) < 4.78 is 2.02. The highest BCUT2D eigenvalue weighted by Crippen LogP contribution is 2.24. The molecule has 3 aromatic rings. The summed E-state index contributed by atoms with van der Waals surface area (Å²) in [5, 5.41) is 1.98. The van der Waals surface area contributed by atoms with Gasteiger partial charge in [0.05, 0.1) is 23.1 Å². The first kappa shape index (κ1) is 10.1. The summed E-state index contributed by atoms with van der Waals surface area (Å²) in [6.07, 6.45) is 5.42. The van der Waals surface area contributed by atoms with E-state index in [0.29, 0.717) is 6.54 Å². The van der Waals surface area contributed by atoms with Gasteiger partial charge < -0.3 is 4.57 Å². The number of rotatable bonds is 2. The van der Waals surface area contributed by atoms with Gasteiger partial charge in [0.15, 0.2) is 5.82 Å². The van der Waals surface area contributed by atoms with Gasteiger partial charge in [0, 0.05) is 5.38 Å². The highest BCUT2D eigenvalue weighted by atomic mass is 32.1. The van der Waals surface area contributed by atoms with Gasteiger partial charge in [-0.3, -0.25) is 0 Å². The van der Waals surface area contributed by atoms with Crippen LogP contribution in [0, 0.1) is 12.3 Å². The maximum absolute atomic E-state index is 5.42. The lowest BCUT2D eigenvalue weighted by Crippen LogP contribution is -1.98. The quantitative estimate of drug-likeness (QED) is 0.644. The molecular weight excluding hydrogens is 230 g/mol. The molecule has 0 bridgehead atoms. The largest absolute Gasteiger partial charge is 0.311 e. The third kappa shape index (κ3) is 1.61. The van der Waals surface area contributed by atoms with E-state index in [0.717, 1.165) is 22.6 Å². The molecule has 0 fully saturated rings. The van der Waals surface area contributed by atoms with Gasteiger partial charge in [-0.05, 0) is 12.1 Å². The lowest BCUT2D eigenvalue weighted by atomic mass is 10.3. The molecule has 2 aromatic heterocycles. The summed E-state index contributed by atoms with van der Waals surface area (Å²) in [5.41, 5.74) is 4.68. The topological polar surface area (TPSA) is 30.7 Å². The molecule has 3 rings (SSSR count). The second-order valence-corrected chi connectivity index (χ2v) is 4.31. The molecule has 3 nitrogen and oxygen atoms in total. The number of imidazole rings is 1. The van der Waals surface area contributed by atoms with E-state index in [1.54, 1.807) is 16.8 Å². The zero-order valence-corrected chi connectivity index (χ0v) is 9.81. The van der Waals surface area contributed by atoms with E-state index in [4.69, 9.17) is 6.42 Å². The van der Waals surface area contributed by atoms with E-state index >= 15 is 0 Å². The Balaban J connectivity index is 2.31. The summed E-state index contributed by atoms with van der Waals surface area (Å²) in [6.45, 7) is 0.507. The molecular formula is C13H9N3S. The third-order valence-electron chi connectivity index (χ3n) is 2.57. The molecule has 0 aliphatic carbocycles. The van der Waals surface area contributed by atoms with Crippen LogP contribution in [0.5, 0.6) is 0 Å². The lowest BCUT2D eigenvalue weighted by molar-refractivity contribution is 0.878. The molecule has 0 N–H and O–H groups in total. The van der Waals surface area contributed by atoms with Crippen molar-refractivity contribution >= 4 is 22.4 Å². The minimum absolute atomic E-state index is 0.507. The average Bonchev–Trinajstić information content (AvgIpc) is 2.97. The van der Waals surface area contributed by atoms with Gasteiger partial charge in [0.25, 0.3) is 0 Å². The number of benzene rings is 1. The number of aromatic nitrogens is 3. The Hall–Kier alpha value is -2.12. The fourth-order valence-corrected chi connectivity index (χ4v) is 2.38. The molecule has 0 saturated carbocycles. The number of terminal acetylenes is 1. The van der Waals surface area contributed by atoms with E-state index in [1.165, 1.54) is 0 Å². The fraction of sp³-hybridized carbons (Fsp3) is 0.0769. The van der Waals surface area contributed by atoms with Gasteiger partial charge in [-0.15, -0.1) is 17.8 Å². The van der Waals surface area contributed by atoms with Crippen LogP contribution < -0.4 is 0 Å². The van der Waals surface area contributed by atoms with Crippen LogP contribution in [-0.2, 0) is 6.54 Å². The Morgan fingerprint density at radius 1 is 1.35 bits per heavy atom. The Morgan fingerprint density at radius 2 is 2.24 bits per heavy atom. The van der Waals surface area contributed by atoms with Crippen LogP contribution in [0.15, 0.2) is 35.2 Å². The number of hydrogen-bond acceptors (Lipinski definition) is 3. The predicted octanol–water partition coefficient (Wildman–Crippen LogP) is 2.79. The number of para-hydroxylation sites is 2. The highest BCUT2D eigenvalue weighted by molar-refractivity contribution is 7.07. The summed E-state index contributed by atoms with van der Waals surface area (Å²) in [5.74, 6) is 3.50. The Labute approximate surface area is 103 Å². The predicted molar refractivity (Wildman–Crippen MR) is 69.7 cm³/mol. The molecule has 2 heterocycles. The van der Waals surface area contributed by atoms with Crippen molar-refractivity contribution in [1.29, 1.82) is 0 Å². The first-order valence-electron chi connectivity index (χ1n) is 5.17. The lowest BCUT2D eigenvalue weighted by Gasteiger charge is -2.02. The van der Waals surface area contributed by atoms with Crippen LogP contribution in [0.3, 0.4) is 0 Å². The van der Waals surface area contributed by atoms with Crippen molar-refractivity contribution in [3.8, 4) is 23.9 Å². The van der Waals surface area contributed by atoms with E-state index in [1.807, 2.05) is 34.2 Å². The fourth-order valence-electron chi connectivity index (χ4n) is 1.85. The molecule has 0 atom stereocenters. The summed E-state index contributed by atoms with van der Waals surface area (Å²) in [6, 6.07) is 7.97. The molecule has 1 aromatic carbocycles.